The van der Waals surface area contributed by atoms with Crippen LogP contribution in [0.5, 0.6) is 0 Å². The van der Waals surface area contributed by atoms with E-state index in [0.29, 0.717) is 11.4 Å². The molecule has 0 saturated heterocycles. The van der Waals surface area contributed by atoms with Gasteiger partial charge in [0.25, 0.3) is 0 Å². The Labute approximate surface area is 169 Å². The minimum atomic E-state index is -0.671. The predicted molar refractivity (Wildman–Crippen MR) is 111 cm³/mol. The number of carbonyl (C=O) groups is 2. The number of benzene rings is 2. The average Bonchev–Trinajstić information content (AvgIpc) is 3.13. The molecule has 3 rings (SSSR count). The molecule has 0 bridgehead atoms. The first-order valence-electron chi connectivity index (χ1n) is 9.02. The number of esters is 2. The molecule has 2 aromatic carbocycles. The topological polar surface area (TPSA) is 73.7 Å². The maximum absolute atomic E-state index is 12.7. The summed E-state index contributed by atoms with van der Waals surface area (Å²) in [4.78, 5) is 27.3. The van der Waals surface area contributed by atoms with Crippen LogP contribution in [0.4, 0.5) is 5.69 Å². The zero-order chi connectivity index (χ0) is 21.1. The highest BCUT2D eigenvalue weighted by atomic mass is 16.5. The quantitative estimate of drug-likeness (QED) is 0.618. The number of aromatic nitrogens is 2. The molecule has 29 heavy (non-hydrogen) atoms. The summed E-state index contributed by atoms with van der Waals surface area (Å²) in [6, 6.07) is 14.9. The van der Waals surface area contributed by atoms with Gasteiger partial charge in [-0.3, -0.25) is 0 Å². The second-order valence-electron chi connectivity index (χ2n) is 6.70. The third-order valence-electron chi connectivity index (χ3n) is 4.64. The van der Waals surface area contributed by atoms with Crippen LogP contribution in [0.25, 0.3) is 16.9 Å². The van der Waals surface area contributed by atoms with Crippen molar-refractivity contribution in [1.29, 1.82) is 0 Å². The van der Waals surface area contributed by atoms with Crippen LogP contribution in [0.1, 0.15) is 26.4 Å². The Kier molecular flexibility index (Phi) is 5.68. The molecule has 0 spiro atoms. The van der Waals surface area contributed by atoms with Crippen LogP contribution in [0.2, 0.25) is 0 Å². The summed E-state index contributed by atoms with van der Waals surface area (Å²) in [6.07, 6.45) is 0. The van der Waals surface area contributed by atoms with Gasteiger partial charge in [0.15, 0.2) is 5.69 Å². The molecule has 0 aliphatic carbocycles. The molecule has 1 heterocycles. The van der Waals surface area contributed by atoms with Gasteiger partial charge in [0.1, 0.15) is 11.3 Å². The number of para-hydroxylation sites is 1. The fourth-order valence-corrected chi connectivity index (χ4v) is 3.13. The highest BCUT2D eigenvalue weighted by molar-refractivity contribution is 6.07. The van der Waals surface area contributed by atoms with Crippen LogP contribution in [-0.4, -0.2) is 50.0 Å². The third kappa shape index (κ3) is 3.71. The van der Waals surface area contributed by atoms with E-state index < -0.39 is 11.9 Å². The lowest BCUT2D eigenvalue weighted by atomic mass is 10.0. The van der Waals surface area contributed by atoms with Gasteiger partial charge < -0.3 is 14.4 Å². The average molecular weight is 393 g/mol. The molecule has 3 aromatic rings. The first-order valence-corrected chi connectivity index (χ1v) is 9.02. The zero-order valence-corrected chi connectivity index (χ0v) is 17.1. The SMILES string of the molecule is COC(=O)c1c(-c2ccc(N(C)C)cc2C)nn(-c2ccccc2)c1C(=O)OC. The number of ether oxygens (including phenoxy) is 2. The minimum absolute atomic E-state index is 0.0247. The number of hydrogen-bond donors (Lipinski definition) is 0. The molecule has 7 nitrogen and oxygen atoms in total. The van der Waals surface area contributed by atoms with Crippen molar-refractivity contribution in [2.75, 3.05) is 33.2 Å². The molecule has 0 atom stereocenters. The maximum Gasteiger partial charge on any atom is 0.357 e. The molecule has 0 saturated carbocycles. The summed E-state index contributed by atoms with van der Waals surface area (Å²) in [5.41, 5.74) is 3.75. The standard InChI is InChI=1S/C22H23N3O4/c1-14-13-16(24(2)3)11-12-17(14)19-18(21(26)28-4)20(22(27)29-5)25(23-19)15-9-7-6-8-10-15/h6-13H,1-5H3. The number of nitrogens with zero attached hydrogens (tertiary/aromatic N) is 3. The van der Waals surface area contributed by atoms with Gasteiger partial charge in [-0.1, -0.05) is 24.3 Å². The van der Waals surface area contributed by atoms with E-state index >= 15 is 0 Å². The molecule has 0 fully saturated rings. The van der Waals surface area contributed by atoms with Gasteiger partial charge in [0.05, 0.1) is 19.9 Å². The maximum atomic E-state index is 12.7. The Bertz CT molecular complexity index is 1060. The lowest BCUT2D eigenvalue weighted by molar-refractivity contribution is 0.0549. The smallest absolute Gasteiger partial charge is 0.357 e. The molecular formula is C22H23N3O4. The zero-order valence-electron chi connectivity index (χ0n) is 17.1. The van der Waals surface area contributed by atoms with Crippen molar-refractivity contribution in [1.82, 2.24) is 9.78 Å². The van der Waals surface area contributed by atoms with Crippen LogP contribution >= 0.6 is 0 Å². The first-order chi connectivity index (χ1) is 13.9. The third-order valence-corrected chi connectivity index (χ3v) is 4.64. The summed E-state index contributed by atoms with van der Waals surface area (Å²) >= 11 is 0. The second-order valence-corrected chi connectivity index (χ2v) is 6.70. The minimum Gasteiger partial charge on any atom is -0.465 e. The second kappa shape index (κ2) is 8.18. The molecule has 7 heteroatoms. The van der Waals surface area contributed by atoms with Crippen molar-refractivity contribution in [2.24, 2.45) is 0 Å². The summed E-state index contributed by atoms with van der Waals surface area (Å²) < 4.78 is 11.3. The largest absolute Gasteiger partial charge is 0.465 e. The highest BCUT2D eigenvalue weighted by Gasteiger charge is 2.31. The fourth-order valence-electron chi connectivity index (χ4n) is 3.13. The van der Waals surface area contributed by atoms with Gasteiger partial charge in [-0.2, -0.15) is 5.10 Å². The summed E-state index contributed by atoms with van der Waals surface area (Å²) in [7, 11) is 6.44. The molecule has 0 radical (unpaired) electrons. The van der Waals surface area contributed by atoms with Crippen molar-refractivity contribution in [3.8, 4) is 16.9 Å². The normalized spacial score (nSPS) is 10.5. The van der Waals surface area contributed by atoms with Gasteiger partial charge in [-0.15, -0.1) is 0 Å². The van der Waals surface area contributed by atoms with Crippen LogP contribution in [0.15, 0.2) is 48.5 Å². The van der Waals surface area contributed by atoms with Gasteiger partial charge in [-0.05, 0) is 36.8 Å². The Morgan fingerprint density at radius 3 is 2.17 bits per heavy atom. The van der Waals surface area contributed by atoms with Crippen molar-refractivity contribution >= 4 is 17.6 Å². The van der Waals surface area contributed by atoms with Gasteiger partial charge >= 0.3 is 11.9 Å². The van der Waals surface area contributed by atoms with Crippen LogP contribution in [0.3, 0.4) is 0 Å². The number of aryl methyl sites for hydroxylation is 1. The Balaban J connectivity index is 2.34. The van der Waals surface area contributed by atoms with Crippen LogP contribution in [0, 0.1) is 6.92 Å². The Morgan fingerprint density at radius 2 is 1.62 bits per heavy atom. The van der Waals surface area contributed by atoms with Crippen molar-refractivity contribution < 1.29 is 19.1 Å². The molecule has 0 amide bonds. The molecule has 0 N–H and O–H groups in total. The number of methoxy groups -OCH3 is 2. The van der Waals surface area contributed by atoms with Crippen molar-refractivity contribution in [3.63, 3.8) is 0 Å². The first kappa shape index (κ1) is 20.1. The lowest BCUT2D eigenvalue weighted by Crippen LogP contribution is -2.15. The Morgan fingerprint density at radius 1 is 0.966 bits per heavy atom. The fraction of sp³-hybridized carbons (Fsp3) is 0.227. The lowest BCUT2D eigenvalue weighted by Gasteiger charge is -2.14. The molecule has 0 unspecified atom stereocenters. The van der Waals surface area contributed by atoms with Crippen LogP contribution in [-0.2, 0) is 9.47 Å². The van der Waals surface area contributed by atoms with Crippen molar-refractivity contribution in [2.45, 2.75) is 6.92 Å². The highest BCUT2D eigenvalue weighted by Crippen LogP contribution is 2.32. The molecule has 1 aromatic heterocycles. The van der Waals surface area contributed by atoms with Gasteiger partial charge in [0, 0.05) is 25.3 Å². The van der Waals surface area contributed by atoms with Crippen molar-refractivity contribution in [3.05, 3.63) is 65.4 Å². The summed E-state index contributed by atoms with van der Waals surface area (Å²) in [5.74, 6) is -1.32. The molecule has 150 valence electrons. The van der Waals surface area contributed by atoms with Gasteiger partial charge in [0.2, 0.25) is 0 Å². The molecule has 0 aliphatic heterocycles. The monoisotopic (exact) mass is 393 g/mol. The molecular weight excluding hydrogens is 370 g/mol. The van der Waals surface area contributed by atoms with Gasteiger partial charge in [-0.25, -0.2) is 14.3 Å². The Hall–Kier alpha value is -3.61. The summed E-state index contributed by atoms with van der Waals surface area (Å²) in [6.45, 7) is 1.93. The van der Waals surface area contributed by atoms with E-state index in [0.717, 1.165) is 16.8 Å². The summed E-state index contributed by atoms with van der Waals surface area (Å²) in [5, 5.41) is 4.63. The van der Waals surface area contributed by atoms with E-state index in [9.17, 15) is 9.59 Å². The number of hydrogen-bond acceptors (Lipinski definition) is 6. The number of rotatable bonds is 5. The van der Waals surface area contributed by atoms with E-state index in [2.05, 4.69) is 5.10 Å². The van der Waals surface area contributed by atoms with Crippen LogP contribution < -0.4 is 4.90 Å². The van der Waals surface area contributed by atoms with E-state index in [1.165, 1.54) is 18.9 Å². The number of anilines is 1. The van der Waals surface area contributed by atoms with E-state index in [-0.39, 0.29) is 11.3 Å². The van der Waals surface area contributed by atoms with E-state index in [1.807, 2.05) is 62.3 Å². The number of carbonyl (C=O) groups excluding carboxylic acids is 2. The molecule has 0 aliphatic rings. The predicted octanol–water partition coefficient (Wildman–Crippen LogP) is 3.49. The van der Waals surface area contributed by atoms with E-state index in [1.54, 1.807) is 12.1 Å². The van der Waals surface area contributed by atoms with E-state index in [4.69, 9.17) is 9.47 Å².